The highest BCUT2D eigenvalue weighted by molar-refractivity contribution is 7.07. The molecule has 35 heavy (non-hydrogen) atoms. The van der Waals surface area contributed by atoms with Crippen molar-refractivity contribution in [2.45, 2.75) is 20.0 Å². The second-order valence-electron chi connectivity index (χ2n) is 8.03. The van der Waals surface area contributed by atoms with Crippen LogP contribution in [-0.4, -0.2) is 28.5 Å². The van der Waals surface area contributed by atoms with Gasteiger partial charge in [0.2, 0.25) is 5.91 Å². The molecule has 0 bridgehead atoms. The number of H-pyrrole nitrogens is 1. The van der Waals surface area contributed by atoms with E-state index in [9.17, 15) is 14.4 Å². The molecular formula is C26H27N5O3S. The maximum Gasteiger partial charge on any atom is 0.330 e. The average molecular weight is 490 g/mol. The number of nitrogens with two attached hydrogens (primary N) is 1. The van der Waals surface area contributed by atoms with Crippen LogP contribution in [0.4, 0.5) is 17.2 Å². The number of hydrogen-bond acceptors (Lipinski definition) is 6. The number of benzene rings is 2. The lowest BCUT2D eigenvalue weighted by Crippen LogP contribution is -2.45. The molecule has 2 aromatic carbocycles. The smallest absolute Gasteiger partial charge is 0.330 e. The summed E-state index contributed by atoms with van der Waals surface area (Å²) in [6.07, 6.45) is 0. The van der Waals surface area contributed by atoms with E-state index in [1.54, 1.807) is 18.3 Å². The summed E-state index contributed by atoms with van der Waals surface area (Å²) in [5, 5.41) is 4.04. The molecule has 2 heterocycles. The summed E-state index contributed by atoms with van der Waals surface area (Å²) in [5.41, 5.74) is 7.84. The number of carbonyl (C=O) groups is 1. The van der Waals surface area contributed by atoms with Gasteiger partial charge in [0, 0.05) is 18.8 Å². The van der Waals surface area contributed by atoms with Crippen LogP contribution in [-0.2, 0) is 17.9 Å². The number of carbonyl (C=O) groups excluding carboxylic acids is 1. The molecule has 0 aliphatic rings. The van der Waals surface area contributed by atoms with Crippen molar-refractivity contribution in [3.63, 3.8) is 0 Å². The highest BCUT2D eigenvalue weighted by Crippen LogP contribution is 2.21. The van der Waals surface area contributed by atoms with Crippen LogP contribution in [0.2, 0.25) is 0 Å². The third-order valence-corrected chi connectivity index (χ3v) is 6.42. The summed E-state index contributed by atoms with van der Waals surface area (Å²) >= 11 is 1.59. The third kappa shape index (κ3) is 5.52. The first-order chi connectivity index (χ1) is 17.0. The Hall–Kier alpha value is -4.11. The zero-order chi connectivity index (χ0) is 24.8. The Labute approximate surface area is 206 Å². The normalized spacial score (nSPS) is 10.8. The predicted molar refractivity (Wildman–Crippen MR) is 141 cm³/mol. The average Bonchev–Trinajstić information content (AvgIpc) is 3.38. The third-order valence-electron chi connectivity index (χ3n) is 5.69. The fourth-order valence-electron chi connectivity index (χ4n) is 3.95. The Kier molecular flexibility index (Phi) is 7.47. The van der Waals surface area contributed by atoms with Crippen LogP contribution in [0.25, 0.3) is 0 Å². The van der Waals surface area contributed by atoms with Gasteiger partial charge in [0.15, 0.2) is 5.69 Å². The SMILES string of the molecule is CCN(C(=O)CN(Cc1ccsc1)c1ccccc1)c1c(N)n(Cc2ccccc2)c(=O)[nH]c1=O. The van der Waals surface area contributed by atoms with Gasteiger partial charge in [-0.2, -0.15) is 11.3 Å². The Bertz CT molecular complexity index is 1380. The van der Waals surface area contributed by atoms with Crippen LogP contribution in [0.1, 0.15) is 18.1 Å². The number of rotatable bonds is 9. The fourth-order valence-corrected chi connectivity index (χ4v) is 4.61. The highest BCUT2D eigenvalue weighted by atomic mass is 32.1. The van der Waals surface area contributed by atoms with Crippen LogP contribution in [0.5, 0.6) is 0 Å². The number of nitrogen functional groups attached to an aromatic ring is 1. The molecule has 2 aromatic heterocycles. The van der Waals surface area contributed by atoms with Gasteiger partial charge in [-0.3, -0.25) is 19.1 Å². The molecule has 0 fully saturated rings. The van der Waals surface area contributed by atoms with Gasteiger partial charge in [0.25, 0.3) is 5.56 Å². The summed E-state index contributed by atoms with van der Waals surface area (Å²) in [6, 6.07) is 21.0. The molecule has 1 amide bonds. The maximum absolute atomic E-state index is 13.5. The number of aromatic nitrogens is 2. The number of aromatic amines is 1. The van der Waals surface area contributed by atoms with Crippen molar-refractivity contribution in [1.82, 2.24) is 9.55 Å². The van der Waals surface area contributed by atoms with E-state index in [1.807, 2.05) is 82.4 Å². The second kappa shape index (κ2) is 10.9. The number of nitrogens with zero attached hydrogens (tertiary/aromatic N) is 3. The van der Waals surface area contributed by atoms with Crippen LogP contribution in [0.15, 0.2) is 87.1 Å². The lowest BCUT2D eigenvalue weighted by atomic mass is 10.2. The Morgan fingerprint density at radius 1 is 1.00 bits per heavy atom. The zero-order valence-corrected chi connectivity index (χ0v) is 20.2. The second-order valence-corrected chi connectivity index (χ2v) is 8.81. The van der Waals surface area contributed by atoms with Crippen molar-refractivity contribution in [3.8, 4) is 0 Å². The molecule has 0 unspecified atom stereocenters. The van der Waals surface area contributed by atoms with E-state index >= 15 is 0 Å². The van der Waals surface area contributed by atoms with Gasteiger partial charge in [0.05, 0.1) is 13.1 Å². The molecule has 0 radical (unpaired) electrons. The molecule has 0 aliphatic carbocycles. The predicted octanol–water partition coefficient (Wildman–Crippen LogP) is 3.29. The molecule has 0 spiro atoms. The van der Waals surface area contributed by atoms with Gasteiger partial charge in [-0.05, 0) is 47.0 Å². The number of hydrogen-bond donors (Lipinski definition) is 2. The summed E-state index contributed by atoms with van der Waals surface area (Å²) in [7, 11) is 0. The largest absolute Gasteiger partial charge is 0.383 e. The van der Waals surface area contributed by atoms with Crippen molar-refractivity contribution in [2.75, 3.05) is 28.6 Å². The van der Waals surface area contributed by atoms with E-state index in [1.165, 1.54) is 9.47 Å². The first-order valence-corrected chi connectivity index (χ1v) is 12.2. The molecule has 0 atom stereocenters. The molecule has 9 heteroatoms. The van der Waals surface area contributed by atoms with Gasteiger partial charge in [-0.15, -0.1) is 0 Å². The zero-order valence-electron chi connectivity index (χ0n) is 19.4. The fraction of sp³-hybridized carbons (Fsp3) is 0.192. The molecule has 0 saturated heterocycles. The van der Waals surface area contributed by atoms with E-state index in [0.717, 1.165) is 16.8 Å². The first-order valence-electron chi connectivity index (χ1n) is 11.3. The molecule has 0 aliphatic heterocycles. The minimum atomic E-state index is -0.684. The number of para-hydroxylation sites is 1. The number of amides is 1. The monoisotopic (exact) mass is 489 g/mol. The molecule has 0 saturated carbocycles. The number of nitrogens with one attached hydrogen (secondary N) is 1. The van der Waals surface area contributed by atoms with E-state index in [0.29, 0.717) is 6.54 Å². The van der Waals surface area contributed by atoms with Crippen molar-refractivity contribution >= 4 is 34.4 Å². The molecular weight excluding hydrogens is 462 g/mol. The van der Waals surface area contributed by atoms with E-state index < -0.39 is 11.2 Å². The number of likely N-dealkylation sites (N-methyl/N-ethyl adjacent to an activating group) is 1. The summed E-state index contributed by atoms with van der Waals surface area (Å²) in [6.45, 7) is 2.74. The lowest BCUT2D eigenvalue weighted by Gasteiger charge is -2.28. The molecule has 4 aromatic rings. The Morgan fingerprint density at radius 3 is 2.31 bits per heavy atom. The quantitative estimate of drug-likeness (QED) is 0.375. The van der Waals surface area contributed by atoms with E-state index in [4.69, 9.17) is 5.73 Å². The minimum absolute atomic E-state index is 0.0171. The van der Waals surface area contributed by atoms with Crippen molar-refractivity contribution in [1.29, 1.82) is 0 Å². The van der Waals surface area contributed by atoms with Crippen molar-refractivity contribution < 1.29 is 4.79 Å². The highest BCUT2D eigenvalue weighted by Gasteiger charge is 2.25. The standard InChI is InChI=1S/C26H27N5O3S/c1-2-30(22(32)17-29(15-20-13-14-35-18-20)21-11-7-4-8-12-21)23-24(27)31(26(34)28-25(23)33)16-19-9-5-3-6-10-19/h3-14,18H,2,15-17,27H2,1H3,(H,28,33,34). The van der Waals surface area contributed by atoms with E-state index in [-0.39, 0.29) is 37.0 Å². The summed E-state index contributed by atoms with van der Waals surface area (Å²) < 4.78 is 1.28. The molecule has 3 N–H and O–H groups in total. The number of anilines is 3. The Morgan fingerprint density at radius 2 is 1.69 bits per heavy atom. The topological polar surface area (TPSA) is 104 Å². The van der Waals surface area contributed by atoms with Gasteiger partial charge in [-0.1, -0.05) is 48.5 Å². The maximum atomic E-state index is 13.5. The minimum Gasteiger partial charge on any atom is -0.383 e. The van der Waals surface area contributed by atoms with Crippen LogP contribution < -0.4 is 26.8 Å². The van der Waals surface area contributed by atoms with Crippen LogP contribution in [0, 0.1) is 0 Å². The van der Waals surface area contributed by atoms with Gasteiger partial charge in [-0.25, -0.2) is 4.79 Å². The van der Waals surface area contributed by atoms with Crippen molar-refractivity contribution in [2.24, 2.45) is 0 Å². The van der Waals surface area contributed by atoms with Gasteiger partial charge in [0.1, 0.15) is 5.82 Å². The van der Waals surface area contributed by atoms with Gasteiger partial charge < -0.3 is 15.5 Å². The summed E-state index contributed by atoms with van der Waals surface area (Å²) in [5.74, 6) is -0.337. The first kappa shape index (κ1) is 24.0. The number of thiophene rings is 1. The van der Waals surface area contributed by atoms with Crippen LogP contribution in [0.3, 0.4) is 0 Å². The van der Waals surface area contributed by atoms with Crippen LogP contribution >= 0.6 is 11.3 Å². The molecule has 180 valence electrons. The van der Waals surface area contributed by atoms with E-state index in [2.05, 4.69) is 4.98 Å². The lowest BCUT2D eigenvalue weighted by molar-refractivity contribution is -0.117. The Balaban J connectivity index is 1.66. The summed E-state index contributed by atoms with van der Waals surface area (Å²) in [4.78, 5) is 44.5. The molecule has 8 nitrogen and oxygen atoms in total. The molecule has 4 rings (SSSR count). The van der Waals surface area contributed by atoms with Crippen molar-refractivity contribution in [3.05, 3.63) is 109 Å². The van der Waals surface area contributed by atoms with Gasteiger partial charge >= 0.3 is 5.69 Å².